The summed E-state index contributed by atoms with van der Waals surface area (Å²) in [6.45, 7) is 0. The van der Waals surface area contributed by atoms with Gasteiger partial charge in [0.1, 0.15) is 11.1 Å². The van der Waals surface area contributed by atoms with Crippen LogP contribution < -0.4 is 0 Å². The number of benzene rings is 3. The van der Waals surface area contributed by atoms with Gasteiger partial charge < -0.3 is 5.11 Å². The van der Waals surface area contributed by atoms with E-state index >= 15 is 0 Å². The minimum absolute atomic E-state index is 0.174. The number of hydrogen-bond donors (Lipinski definition) is 1. The molecule has 4 rings (SSSR count). The number of nitriles is 1. The second-order valence-corrected chi connectivity index (χ2v) is 10.3. The lowest BCUT2D eigenvalue weighted by Gasteiger charge is -2.14. The van der Waals surface area contributed by atoms with Crippen LogP contribution in [0.15, 0.2) is 102 Å². The zero-order chi connectivity index (χ0) is 23.8. The van der Waals surface area contributed by atoms with E-state index in [-0.39, 0.29) is 5.75 Å². The molecule has 4 aromatic rings. The van der Waals surface area contributed by atoms with Crippen LogP contribution in [-0.2, 0) is 16.6 Å². The Morgan fingerprint density at radius 1 is 0.912 bits per heavy atom. The number of pyridine rings is 1. The SMILES string of the molecule is N#Cc1c(-c2ccccc2)cc(-c2ccccc2)nc1SC[C@@H](O)C[S@@](=O)Cc1ccccc1. The predicted octanol–water partition coefficient (Wildman–Crippen LogP) is 5.69. The number of aromatic nitrogens is 1. The second kappa shape index (κ2) is 11.8. The van der Waals surface area contributed by atoms with Crippen LogP contribution >= 0.6 is 11.8 Å². The molecular weight excluding hydrogens is 460 g/mol. The Bertz CT molecular complexity index is 1290. The topological polar surface area (TPSA) is 74.0 Å². The van der Waals surface area contributed by atoms with Crippen LogP contribution in [0.2, 0.25) is 0 Å². The second-order valence-electron chi connectivity index (χ2n) is 7.78. The Hall–Kier alpha value is -3.24. The Balaban J connectivity index is 1.56. The Morgan fingerprint density at radius 2 is 1.50 bits per heavy atom. The number of aliphatic hydroxyl groups excluding tert-OH is 1. The number of hydrogen-bond acceptors (Lipinski definition) is 5. The molecule has 34 heavy (non-hydrogen) atoms. The van der Waals surface area contributed by atoms with Gasteiger partial charge >= 0.3 is 0 Å². The minimum Gasteiger partial charge on any atom is -0.391 e. The number of aliphatic hydroxyl groups is 1. The summed E-state index contributed by atoms with van der Waals surface area (Å²) in [7, 11) is -1.18. The highest BCUT2D eigenvalue weighted by atomic mass is 32.2. The monoisotopic (exact) mass is 484 g/mol. The van der Waals surface area contributed by atoms with E-state index in [1.165, 1.54) is 11.8 Å². The summed E-state index contributed by atoms with van der Waals surface area (Å²) in [6.07, 6.45) is -0.775. The predicted molar refractivity (Wildman–Crippen MR) is 140 cm³/mol. The first kappa shape index (κ1) is 23.9. The Kier molecular flexibility index (Phi) is 8.26. The van der Waals surface area contributed by atoms with Crippen molar-refractivity contribution in [1.29, 1.82) is 5.26 Å². The van der Waals surface area contributed by atoms with Gasteiger partial charge in [-0.1, -0.05) is 91.0 Å². The molecule has 0 unspecified atom stereocenters. The van der Waals surface area contributed by atoms with Gasteiger partial charge in [-0.15, -0.1) is 11.8 Å². The standard InChI is InChI=1S/C28H24N2O2S2/c29-17-26-25(22-12-6-2-7-13-22)16-27(23-14-8-3-9-15-23)30-28(26)33-18-24(31)20-34(32)19-21-10-4-1-5-11-21/h1-16,24,31H,18-20H2/t24-,34+/m1/s1. The van der Waals surface area contributed by atoms with Gasteiger partial charge in [0.25, 0.3) is 0 Å². The normalized spacial score (nSPS) is 12.6. The van der Waals surface area contributed by atoms with Crippen LogP contribution in [0.5, 0.6) is 0 Å². The Morgan fingerprint density at radius 3 is 2.12 bits per heavy atom. The van der Waals surface area contributed by atoms with Crippen molar-refractivity contribution in [2.45, 2.75) is 16.9 Å². The zero-order valence-electron chi connectivity index (χ0n) is 18.5. The van der Waals surface area contributed by atoms with Crippen molar-refractivity contribution >= 4 is 22.6 Å². The molecule has 0 aliphatic heterocycles. The van der Waals surface area contributed by atoms with Crippen LogP contribution in [0.3, 0.4) is 0 Å². The van der Waals surface area contributed by atoms with Crippen molar-refractivity contribution < 1.29 is 9.32 Å². The lowest BCUT2D eigenvalue weighted by atomic mass is 9.99. The van der Waals surface area contributed by atoms with Crippen molar-refractivity contribution in [2.75, 3.05) is 11.5 Å². The fourth-order valence-corrected chi connectivity index (χ4v) is 5.90. The van der Waals surface area contributed by atoms with Crippen molar-refractivity contribution in [2.24, 2.45) is 0 Å². The van der Waals surface area contributed by atoms with Crippen LogP contribution in [-0.4, -0.2) is 31.9 Å². The molecular formula is C28H24N2O2S2. The van der Waals surface area contributed by atoms with Crippen LogP contribution in [0.4, 0.5) is 0 Å². The van der Waals surface area contributed by atoms with Crippen LogP contribution in [0.25, 0.3) is 22.4 Å². The van der Waals surface area contributed by atoms with Gasteiger partial charge in [0.15, 0.2) is 0 Å². The molecule has 0 amide bonds. The van der Waals surface area contributed by atoms with E-state index in [9.17, 15) is 14.6 Å². The quantitative estimate of drug-likeness (QED) is 0.309. The van der Waals surface area contributed by atoms with Crippen molar-refractivity contribution in [3.05, 3.63) is 108 Å². The molecule has 0 aliphatic carbocycles. The molecule has 0 bridgehead atoms. The molecule has 170 valence electrons. The highest BCUT2D eigenvalue weighted by Gasteiger charge is 2.18. The molecule has 4 nitrogen and oxygen atoms in total. The molecule has 3 aromatic carbocycles. The molecule has 0 saturated carbocycles. The molecule has 1 heterocycles. The molecule has 0 fully saturated rings. The Labute approximate surface area is 206 Å². The maximum absolute atomic E-state index is 12.5. The first-order chi connectivity index (χ1) is 16.6. The lowest BCUT2D eigenvalue weighted by Crippen LogP contribution is -2.20. The van der Waals surface area contributed by atoms with Crippen molar-refractivity contribution in [1.82, 2.24) is 4.98 Å². The molecule has 0 radical (unpaired) electrons. The number of nitrogens with zero attached hydrogens (tertiary/aromatic N) is 2. The fraction of sp³-hybridized carbons (Fsp3) is 0.143. The van der Waals surface area contributed by atoms with Gasteiger partial charge in [0, 0.05) is 33.4 Å². The maximum atomic E-state index is 12.5. The van der Waals surface area contributed by atoms with Gasteiger partial charge in [-0.3, -0.25) is 4.21 Å². The average Bonchev–Trinajstić information content (AvgIpc) is 2.88. The minimum atomic E-state index is -1.18. The lowest BCUT2D eigenvalue weighted by molar-refractivity contribution is 0.224. The highest BCUT2D eigenvalue weighted by Crippen LogP contribution is 2.34. The van der Waals surface area contributed by atoms with Gasteiger partial charge in [0.05, 0.1) is 23.1 Å². The smallest absolute Gasteiger partial charge is 0.115 e. The van der Waals surface area contributed by atoms with E-state index in [0.717, 1.165) is 27.9 Å². The number of thioether (sulfide) groups is 1. The van der Waals surface area contributed by atoms with E-state index in [0.29, 0.717) is 22.1 Å². The molecule has 1 N–H and O–H groups in total. The van der Waals surface area contributed by atoms with Crippen LogP contribution in [0, 0.1) is 11.3 Å². The number of rotatable bonds is 9. The van der Waals surface area contributed by atoms with E-state index in [1.807, 2.05) is 97.1 Å². The third-order valence-corrected chi connectivity index (χ3v) is 7.75. The van der Waals surface area contributed by atoms with E-state index in [1.54, 1.807) is 0 Å². The zero-order valence-corrected chi connectivity index (χ0v) is 20.1. The van der Waals surface area contributed by atoms with Gasteiger partial charge in [-0.2, -0.15) is 5.26 Å². The molecule has 0 spiro atoms. The summed E-state index contributed by atoms with van der Waals surface area (Å²) in [5, 5.41) is 21.1. The van der Waals surface area contributed by atoms with Gasteiger partial charge in [0.2, 0.25) is 0 Å². The average molecular weight is 485 g/mol. The first-order valence-corrected chi connectivity index (χ1v) is 13.4. The summed E-state index contributed by atoms with van der Waals surface area (Å²) in [4.78, 5) is 4.77. The van der Waals surface area contributed by atoms with Gasteiger partial charge in [-0.05, 0) is 17.2 Å². The van der Waals surface area contributed by atoms with E-state index < -0.39 is 16.9 Å². The summed E-state index contributed by atoms with van der Waals surface area (Å²) in [5.74, 6) is 0.883. The molecule has 0 aliphatic rings. The fourth-order valence-electron chi connectivity index (χ4n) is 3.59. The maximum Gasteiger partial charge on any atom is 0.115 e. The summed E-state index contributed by atoms with van der Waals surface area (Å²) in [6, 6.07) is 33.5. The summed E-state index contributed by atoms with van der Waals surface area (Å²) < 4.78 is 12.5. The summed E-state index contributed by atoms with van der Waals surface area (Å²) >= 11 is 1.33. The largest absolute Gasteiger partial charge is 0.391 e. The molecule has 6 heteroatoms. The van der Waals surface area contributed by atoms with Gasteiger partial charge in [-0.25, -0.2) is 4.98 Å². The third-order valence-electron chi connectivity index (χ3n) is 5.21. The molecule has 1 aromatic heterocycles. The van der Waals surface area contributed by atoms with Crippen LogP contribution in [0.1, 0.15) is 11.1 Å². The highest BCUT2D eigenvalue weighted by molar-refractivity contribution is 7.99. The van der Waals surface area contributed by atoms with E-state index in [4.69, 9.17) is 4.98 Å². The third kappa shape index (κ3) is 6.21. The molecule has 2 atom stereocenters. The molecule has 0 saturated heterocycles. The van der Waals surface area contributed by atoms with E-state index in [2.05, 4.69) is 6.07 Å². The summed E-state index contributed by atoms with van der Waals surface area (Å²) in [5.41, 5.74) is 4.93. The van der Waals surface area contributed by atoms with Crippen molar-refractivity contribution in [3.63, 3.8) is 0 Å². The van der Waals surface area contributed by atoms with Crippen molar-refractivity contribution in [3.8, 4) is 28.5 Å². The first-order valence-electron chi connectivity index (χ1n) is 10.9.